The van der Waals surface area contributed by atoms with Gasteiger partial charge < -0.3 is 4.18 Å². The first kappa shape index (κ1) is 14.6. The third kappa shape index (κ3) is 6.81. The van der Waals surface area contributed by atoms with Gasteiger partial charge in [0.2, 0.25) is 0 Å². The van der Waals surface area contributed by atoms with E-state index in [9.17, 15) is 13.2 Å². The molecule has 66 valence electrons. The van der Waals surface area contributed by atoms with E-state index in [-0.39, 0.29) is 36.2 Å². The van der Waals surface area contributed by atoms with Gasteiger partial charge in [-0.25, -0.2) is 8.98 Å². The van der Waals surface area contributed by atoms with Crippen LogP contribution in [0.2, 0.25) is 0 Å². The summed E-state index contributed by atoms with van der Waals surface area (Å²) in [5.41, 5.74) is 0. The molecule has 0 unspecified atom stereocenters. The van der Waals surface area contributed by atoms with E-state index in [1.54, 1.807) is 0 Å². The molecule has 0 amide bonds. The second-order valence-electron chi connectivity index (χ2n) is 1.42. The van der Waals surface area contributed by atoms with Crippen molar-refractivity contribution in [2.45, 2.75) is 6.92 Å². The van der Waals surface area contributed by atoms with Gasteiger partial charge in [-0.1, -0.05) is 6.58 Å². The Balaban J connectivity index is 0. The molecule has 0 aliphatic carbocycles. The van der Waals surface area contributed by atoms with Gasteiger partial charge in [-0.05, 0) is 6.92 Å². The SMILES string of the molecule is C=CC(=O)OS(=O)(=O)OCC.[NaH]. The second-order valence-corrected chi connectivity index (χ2v) is 2.64. The minimum absolute atomic E-state index is 0. The monoisotopic (exact) mass is 204 g/mol. The van der Waals surface area contributed by atoms with Crippen molar-refractivity contribution in [3.05, 3.63) is 12.7 Å². The zero-order valence-corrected chi connectivity index (χ0v) is 6.76. The Kier molecular flexibility index (Phi) is 8.07. The zero-order valence-electron chi connectivity index (χ0n) is 5.94. The third-order valence-corrected chi connectivity index (χ3v) is 1.51. The summed E-state index contributed by atoms with van der Waals surface area (Å²) in [5, 5.41) is 0. The second kappa shape index (κ2) is 6.62. The summed E-state index contributed by atoms with van der Waals surface area (Å²) in [6, 6.07) is 0. The van der Waals surface area contributed by atoms with Crippen molar-refractivity contribution in [3.8, 4) is 0 Å². The molecule has 0 heterocycles. The van der Waals surface area contributed by atoms with Crippen LogP contribution in [0.3, 0.4) is 0 Å². The standard InChI is InChI=1S/C5H8O5S.Na.H/c1-3-5(6)10-11(7,8)9-4-2;;/h3H,1,4H2,2H3;;. The molecule has 0 radical (unpaired) electrons. The predicted molar refractivity (Wildman–Crippen MR) is 44.0 cm³/mol. The fraction of sp³-hybridized carbons (Fsp3) is 0.400. The van der Waals surface area contributed by atoms with E-state index >= 15 is 0 Å². The molecule has 0 atom stereocenters. The van der Waals surface area contributed by atoms with E-state index in [4.69, 9.17) is 0 Å². The summed E-state index contributed by atoms with van der Waals surface area (Å²) >= 11 is 0. The number of hydrogen-bond acceptors (Lipinski definition) is 5. The molecule has 0 bridgehead atoms. The third-order valence-electron chi connectivity index (χ3n) is 0.613. The Morgan fingerprint density at radius 2 is 2.08 bits per heavy atom. The molecule has 0 aromatic rings. The molecule has 0 aromatic heterocycles. The van der Waals surface area contributed by atoms with Crippen molar-refractivity contribution in [3.63, 3.8) is 0 Å². The van der Waals surface area contributed by atoms with Gasteiger partial charge in [0.05, 0.1) is 6.61 Å². The maximum absolute atomic E-state index is 10.5. The van der Waals surface area contributed by atoms with Crippen molar-refractivity contribution in [1.82, 2.24) is 0 Å². The fourth-order valence-corrected chi connectivity index (χ4v) is 0.909. The van der Waals surface area contributed by atoms with E-state index in [2.05, 4.69) is 14.9 Å². The van der Waals surface area contributed by atoms with E-state index in [1.807, 2.05) is 0 Å². The molecule has 0 fully saturated rings. The Morgan fingerprint density at radius 1 is 1.58 bits per heavy atom. The van der Waals surface area contributed by atoms with Gasteiger partial charge >= 0.3 is 45.9 Å². The van der Waals surface area contributed by atoms with E-state index < -0.39 is 16.4 Å². The van der Waals surface area contributed by atoms with Crippen molar-refractivity contribution >= 4 is 45.9 Å². The van der Waals surface area contributed by atoms with Gasteiger partial charge in [-0.15, -0.1) is 0 Å². The van der Waals surface area contributed by atoms with Crippen LogP contribution in [-0.2, 0) is 23.6 Å². The van der Waals surface area contributed by atoms with Crippen LogP contribution in [0.4, 0.5) is 0 Å². The van der Waals surface area contributed by atoms with Crippen LogP contribution in [0.1, 0.15) is 6.92 Å². The van der Waals surface area contributed by atoms with Crippen LogP contribution in [-0.4, -0.2) is 50.6 Å². The summed E-state index contributed by atoms with van der Waals surface area (Å²) in [7, 11) is -4.16. The molecular weight excluding hydrogens is 195 g/mol. The van der Waals surface area contributed by atoms with Gasteiger partial charge in [0.1, 0.15) is 0 Å². The minimum atomic E-state index is -4.16. The first-order valence-corrected chi connectivity index (χ1v) is 4.10. The van der Waals surface area contributed by atoms with Gasteiger partial charge in [0.15, 0.2) is 0 Å². The van der Waals surface area contributed by atoms with Gasteiger partial charge in [-0.3, -0.25) is 0 Å². The Hall–Kier alpha value is 0.120. The molecule has 5 nitrogen and oxygen atoms in total. The summed E-state index contributed by atoms with van der Waals surface area (Å²) < 4.78 is 28.9. The number of carbonyl (C=O) groups excluding carboxylic acids is 1. The van der Waals surface area contributed by atoms with Crippen LogP contribution in [0, 0.1) is 0 Å². The molecule has 7 heteroatoms. The quantitative estimate of drug-likeness (QED) is 0.449. The zero-order chi connectivity index (χ0) is 8.91. The van der Waals surface area contributed by atoms with Crippen molar-refractivity contribution < 1.29 is 21.6 Å². The number of hydrogen-bond donors (Lipinski definition) is 0. The first-order valence-electron chi connectivity index (χ1n) is 2.77. The molecule has 0 aliphatic rings. The van der Waals surface area contributed by atoms with Crippen molar-refractivity contribution in [1.29, 1.82) is 0 Å². The average molecular weight is 204 g/mol. The van der Waals surface area contributed by atoms with Gasteiger partial charge in [0.25, 0.3) is 0 Å². The van der Waals surface area contributed by atoms with Crippen LogP contribution >= 0.6 is 0 Å². The maximum atomic E-state index is 10.5. The summed E-state index contributed by atoms with van der Waals surface area (Å²) in [4.78, 5) is 10.3. The Morgan fingerprint density at radius 3 is 2.42 bits per heavy atom. The first-order chi connectivity index (χ1) is 5.02. The summed E-state index contributed by atoms with van der Waals surface area (Å²) in [5.74, 6) is -1.06. The summed E-state index contributed by atoms with van der Waals surface area (Å²) in [6.45, 7) is 4.39. The molecule has 0 aliphatic heterocycles. The molecule has 0 saturated carbocycles. The van der Waals surface area contributed by atoms with Gasteiger partial charge in [-0.2, -0.15) is 8.42 Å². The number of rotatable bonds is 4. The molecule has 0 N–H and O–H groups in total. The van der Waals surface area contributed by atoms with Crippen LogP contribution in [0.25, 0.3) is 0 Å². The van der Waals surface area contributed by atoms with E-state index in [0.29, 0.717) is 0 Å². The fourth-order valence-electron chi connectivity index (χ4n) is 0.303. The molecular formula is C5H9NaO5S. The normalized spacial score (nSPS) is 9.75. The van der Waals surface area contributed by atoms with Crippen LogP contribution in [0.5, 0.6) is 0 Å². The molecule has 0 rings (SSSR count). The Labute approximate surface area is 93.4 Å². The van der Waals surface area contributed by atoms with Crippen LogP contribution in [0.15, 0.2) is 12.7 Å². The topological polar surface area (TPSA) is 69.7 Å². The summed E-state index contributed by atoms with van der Waals surface area (Å²) in [6.07, 6.45) is 0.733. The molecule has 12 heavy (non-hydrogen) atoms. The van der Waals surface area contributed by atoms with Gasteiger partial charge in [0, 0.05) is 6.08 Å². The molecule has 0 saturated heterocycles. The number of carbonyl (C=O) groups is 1. The molecule has 0 aromatic carbocycles. The van der Waals surface area contributed by atoms with E-state index in [0.717, 1.165) is 6.08 Å². The average Bonchev–Trinajstić information content (AvgIpc) is 1.86. The van der Waals surface area contributed by atoms with E-state index in [1.165, 1.54) is 6.92 Å². The van der Waals surface area contributed by atoms with Crippen molar-refractivity contribution in [2.24, 2.45) is 0 Å². The Bertz CT molecular complexity index is 245. The predicted octanol–water partition coefficient (Wildman–Crippen LogP) is -0.652. The van der Waals surface area contributed by atoms with Crippen LogP contribution < -0.4 is 0 Å². The van der Waals surface area contributed by atoms with Crippen molar-refractivity contribution in [2.75, 3.05) is 6.61 Å². The molecule has 0 spiro atoms.